The number of H-pyrrole nitrogens is 1. The maximum absolute atomic E-state index is 12.5. The first kappa shape index (κ1) is 21.7. The number of carbonyl (C=O) groups is 1. The topological polar surface area (TPSA) is 109 Å². The second-order valence-electron chi connectivity index (χ2n) is 7.94. The fraction of sp³-hybridized carbons (Fsp3) is 0.174. The number of halogens is 1. The smallest absolute Gasteiger partial charge is 0.323 e. The minimum Gasteiger partial charge on any atom is -0.403 e. The fourth-order valence-corrected chi connectivity index (χ4v) is 3.78. The predicted octanol–water partition coefficient (Wildman–Crippen LogP) is 3.89. The molecule has 5 aromatic rings. The number of pyridine rings is 1. The van der Waals surface area contributed by atoms with E-state index in [4.69, 9.17) is 16.0 Å². The number of anilines is 2. The van der Waals surface area contributed by atoms with Crippen LogP contribution < -0.4 is 4.90 Å². The normalized spacial score (nSPS) is 11.2. The maximum atomic E-state index is 12.5. The van der Waals surface area contributed by atoms with Crippen molar-refractivity contribution in [2.45, 2.75) is 0 Å². The highest BCUT2D eigenvalue weighted by atomic mass is 35.5. The number of aromatic nitrogens is 6. The Hall–Kier alpha value is -4.18. The lowest BCUT2D eigenvalue weighted by molar-refractivity contribution is -0.127. The molecule has 0 spiro atoms. The number of para-hydroxylation sites is 1. The van der Waals surface area contributed by atoms with Crippen LogP contribution in [0.2, 0.25) is 5.02 Å². The van der Waals surface area contributed by atoms with E-state index >= 15 is 0 Å². The summed E-state index contributed by atoms with van der Waals surface area (Å²) in [5.41, 5.74) is 3.84. The van der Waals surface area contributed by atoms with Gasteiger partial charge in [0, 0.05) is 56.2 Å². The highest BCUT2D eigenvalue weighted by molar-refractivity contribution is 6.33. The molecule has 0 aliphatic rings. The Balaban J connectivity index is 1.55. The Morgan fingerprint density at radius 2 is 2.00 bits per heavy atom. The van der Waals surface area contributed by atoms with Gasteiger partial charge in [0.1, 0.15) is 12.2 Å². The van der Waals surface area contributed by atoms with E-state index in [1.54, 1.807) is 54.4 Å². The standard InChI is InChI=1S/C23H21ClN8O2/c1-30(2)20(33)13-32(19-7-5-4-6-18(19)24)23-29-28-22(34-23)17-11-26-21-16(17)8-14(9-25-21)15-10-27-31(3)12-15/h4-12H,13H2,1-3H3,(H,25,26). The van der Waals surface area contributed by atoms with Crippen molar-refractivity contribution in [1.29, 1.82) is 0 Å². The third kappa shape index (κ3) is 3.99. The van der Waals surface area contributed by atoms with Crippen LogP contribution in [0.4, 0.5) is 11.7 Å². The lowest BCUT2D eigenvalue weighted by atomic mass is 10.1. The number of rotatable bonds is 6. The minimum absolute atomic E-state index is 0.0149. The van der Waals surface area contributed by atoms with Crippen molar-refractivity contribution in [3.63, 3.8) is 0 Å². The summed E-state index contributed by atoms with van der Waals surface area (Å²) in [6, 6.07) is 9.34. The molecule has 1 aromatic carbocycles. The number of hydrogen-bond acceptors (Lipinski definition) is 7. The van der Waals surface area contributed by atoms with E-state index < -0.39 is 0 Å². The first-order valence-electron chi connectivity index (χ1n) is 10.4. The summed E-state index contributed by atoms with van der Waals surface area (Å²) >= 11 is 6.42. The van der Waals surface area contributed by atoms with Crippen molar-refractivity contribution in [3.8, 4) is 22.6 Å². The van der Waals surface area contributed by atoms with E-state index in [0.29, 0.717) is 27.8 Å². The molecule has 0 bridgehead atoms. The second-order valence-corrected chi connectivity index (χ2v) is 8.35. The number of nitrogens with zero attached hydrogens (tertiary/aromatic N) is 7. The van der Waals surface area contributed by atoms with Gasteiger partial charge in [-0.25, -0.2) is 4.98 Å². The van der Waals surface area contributed by atoms with Gasteiger partial charge in [0.25, 0.3) is 5.89 Å². The lowest BCUT2D eigenvalue weighted by Gasteiger charge is -2.22. The Morgan fingerprint density at radius 3 is 2.74 bits per heavy atom. The van der Waals surface area contributed by atoms with Crippen LogP contribution in [0.1, 0.15) is 0 Å². The Morgan fingerprint density at radius 1 is 1.18 bits per heavy atom. The van der Waals surface area contributed by atoms with Crippen LogP contribution in [0.5, 0.6) is 0 Å². The van der Waals surface area contributed by atoms with Gasteiger partial charge >= 0.3 is 6.01 Å². The number of aryl methyl sites for hydroxylation is 1. The van der Waals surface area contributed by atoms with E-state index in [1.807, 2.05) is 31.4 Å². The number of aromatic amines is 1. The van der Waals surface area contributed by atoms with Gasteiger partial charge in [-0.3, -0.25) is 14.4 Å². The van der Waals surface area contributed by atoms with Crippen molar-refractivity contribution in [1.82, 2.24) is 34.8 Å². The van der Waals surface area contributed by atoms with Crippen LogP contribution >= 0.6 is 11.6 Å². The minimum atomic E-state index is -0.142. The van der Waals surface area contributed by atoms with Crippen molar-refractivity contribution in [3.05, 3.63) is 60.1 Å². The summed E-state index contributed by atoms with van der Waals surface area (Å²) < 4.78 is 7.78. The average molecular weight is 477 g/mol. The molecule has 0 unspecified atom stereocenters. The van der Waals surface area contributed by atoms with Gasteiger partial charge < -0.3 is 14.3 Å². The Labute approximate surface area is 199 Å². The molecule has 0 radical (unpaired) electrons. The highest BCUT2D eigenvalue weighted by Gasteiger charge is 2.24. The summed E-state index contributed by atoms with van der Waals surface area (Å²) in [4.78, 5) is 23.3. The van der Waals surface area contributed by atoms with Crippen molar-refractivity contribution >= 4 is 40.2 Å². The van der Waals surface area contributed by atoms with Crippen molar-refractivity contribution < 1.29 is 9.21 Å². The van der Waals surface area contributed by atoms with Crippen LogP contribution in [0.15, 0.2) is 59.5 Å². The molecule has 0 saturated carbocycles. The van der Waals surface area contributed by atoms with E-state index in [2.05, 4.69) is 25.3 Å². The number of hydrogen-bond donors (Lipinski definition) is 1. The second kappa shape index (κ2) is 8.64. The Bertz CT molecular complexity index is 1490. The van der Waals surface area contributed by atoms with E-state index in [0.717, 1.165) is 16.5 Å². The molecular formula is C23H21ClN8O2. The summed E-state index contributed by atoms with van der Waals surface area (Å²) in [7, 11) is 5.24. The summed E-state index contributed by atoms with van der Waals surface area (Å²) in [6.45, 7) is -0.0149. The fourth-order valence-electron chi connectivity index (χ4n) is 3.55. The molecule has 4 aromatic heterocycles. The van der Waals surface area contributed by atoms with Crippen LogP contribution in [0.3, 0.4) is 0 Å². The van der Waals surface area contributed by atoms with Crippen LogP contribution in [-0.4, -0.2) is 61.4 Å². The number of amides is 1. The molecule has 0 fully saturated rings. The Kier molecular flexibility index (Phi) is 5.50. The molecule has 1 amide bonds. The highest BCUT2D eigenvalue weighted by Crippen LogP contribution is 2.35. The van der Waals surface area contributed by atoms with E-state index in [-0.39, 0.29) is 18.5 Å². The molecule has 10 nitrogen and oxygen atoms in total. The van der Waals surface area contributed by atoms with Gasteiger partial charge in [0.2, 0.25) is 5.91 Å². The van der Waals surface area contributed by atoms with Gasteiger partial charge in [0.05, 0.1) is 22.5 Å². The first-order chi connectivity index (χ1) is 16.4. The van der Waals surface area contributed by atoms with Crippen molar-refractivity contribution in [2.75, 3.05) is 25.5 Å². The third-order valence-electron chi connectivity index (χ3n) is 5.38. The molecule has 0 saturated heterocycles. The van der Waals surface area contributed by atoms with Crippen LogP contribution in [0.25, 0.3) is 33.6 Å². The molecule has 5 rings (SSSR count). The zero-order valence-corrected chi connectivity index (χ0v) is 19.5. The zero-order chi connectivity index (χ0) is 23.8. The first-order valence-corrected chi connectivity index (χ1v) is 10.8. The molecule has 11 heteroatoms. The number of likely N-dealkylation sites (N-methyl/N-ethyl adjacent to an activating group) is 1. The zero-order valence-electron chi connectivity index (χ0n) is 18.7. The van der Waals surface area contributed by atoms with E-state index in [1.165, 1.54) is 4.90 Å². The lowest BCUT2D eigenvalue weighted by Crippen LogP contribution is -2.34. The van der Waals surface area contributed by atoms with Crippen LogP contribution in [0, 0.1) is 0 Å². The molecule has 34 heavy (non-hydrogen) atoms. The molecular weight excluding hydrogens is 456 g/mol. The van der Waals surface area contributed by atoms with Crippen LogP contribution in [-0.2, 0) is 11.8 Å². The molecule has 0 aliphatic carbocycles. The number of benzene rings is 1. The molecule has 4 heterocycles. The van der Waals surface area contributed by atoms with Crippen molar-refractivity contribution in [2.24, 2.45) is 7.05 Å². The average Bonchev–Trinajstić information content (AvgIpc) is 3.56. The number of fused-ring (bicyclic) bond motifs is 1. The monoisotopic (exact) mass is 476 g/mol. The van der Waals surface area contributed by atoms with Gasteiger partial charge in [-0.1, -0.05) is 28.8 Å². The predicted molar refractivity (Wildman–Crippen MR) is 129 cm³/mol. The summed E-state index contributed by atoms with van der Waals surface area (Å²) in [5, 5.41) is 14.0. The molecule has 172 valence electrons. The third-order valence-corrected chi connectivity index (χ3v) is 5.70. The van der Waals surface area contributed by atoms with E-state index in [9.17, 15) is 4.79 Å². The molecule has 1 N–H and O–H groups in total. The molecule has 0 atom stereocenters. The van der Waals surface area contributed by atoms with Gasteiger partial charge in [0.15, 0.2) is 0 Å². The quantitative estimate of drug-likeness (QED) is 0.396. The van der Waals surface area contributed by atoms with Gasteiger partial charge in [-0.2, -0.15) is 5.10 Å². The number of nitrogens with one attached hydrogen (secondary N) is 1. The van der Waals surface area contributed by atoms with Gasteiger partial charge in [-0.15, -0.1) is 5.10 Å². The maximum Gasteiger partial charge on any atom is 0.323 e. The number of carbonyl (C=O) groups excluding carboxylic acids is 1. The molecule has 0 aliphatic heterocycles. The SMILES string of the molecule is CN(C)C(=O)CN(c1nnc(-c2c[nH]c3ncc(-c4cnn(C)c4)cc23)o1)c1ccccc1Cl. The summed E-state index contributed by atoms with van der Waals surface area (Å²) in [5.74, 6) is 0.151. The van der Waals surface area contributed by atoms with Gasteiger partial charge in [-0.05, 0) is 18.2 Å². The largest absolute Gasteiger partial charge is 0.403 e. The summed E-state index contributed by atoms with van der Waals surface area (Å²) in [6.07, 6.45) is 7.25.